The van der Waals surface area contributed by atoms with Crippen molar-refractivity contribution >= 4 is 32.2 Å². The molecule has 4 rings (SSSR count). The first-order valence-corrected chi connectivity index (χ1v) is 14.1. The monoisotopic (exact) mass is 485 g/mol. The first-order chi connectivity index (χ1) is 15.8. The van der Waals surface area contributed by atoms with Gasteiger partial charge in [0.15, 0.2) is 15.0 Å². The van der Waals surface area contributed by atoms with Crippen LogP contribution in [0.5, 0.6) is 0 Å². The van der Waals surface area contributed by atoms with Crippen molar-refractivity contribution in [1.29, 1.82) is 0 Å². The largest absolute Gasteiger partial charge is 0.348 e. The average molecular weight is 486 g/mol. The topological polar surface area (TPSA) is 81.1 Å². The molecule has 0 aliphatic heterocycles. The van der Waals surface area contributed by atoms with Crippen molar-refractivity contribution in [3.05, 3.63) is 58.7 Å². The van der Waals surface area contributed by atoms with Crippen molar-refractivity contribution in [2.24, 2.45) is 0 Å². The van der Waals surface area contributed by atoms with E-state index in [1.807, 2.05) is 11.4 Å². The summed E-state index contributed by atoms with van der Waals surface area (Å²) in [6.07, 6.45) is 4.31. The highest BCUT2D eigenvalue weighted by Crippen LogP contribution is 2.30. The molecule has 0 radical (unpaired) electrons. The number of amides is 1. The second-order valence-electron chi connectivity index (χ2n) is 8.78. The molecule has 2 heterocycles. The molecule has 1 N–H and O–H groups in total. The van der Waals surface area contributed by atoms with Crippen LogP contribution in [0, 0.1) is 13.8 Å². The molecular formula is C25H31N3O3S2. The van der Waals surface area contributed by atoms with E-state index in [9.17, 15) is 13.2 Å². The Balaban J connectivity index is 1.37. The minimum atomic E-state index is -3.20. The van der Waals surface area contributed by atoms with Gasteiger partial charge in [-0.2, -0.15) is 0 Å². The van der Waals surface area contributed by atoms with Gasteiger partial charge in [0.2, 0.25) is 5.91 Å². The lowest BCUT2D eigenvalue weighted by Gasteiger charge is -2.10. The van der Waals surface area contributed by atoms with E-state index in [2.05, 4.69) is 59.0 Å². The van der Waals surface area contributed by atoms with Gasteiger partial charge >= 0.3 is 0 Å². The zero-order valence-electron chi connectivity index (χ0n) is 19.2. The van der Waals surface area contributed by atoms with E-state index in [1.54, 1.807) is 0 Å². The van der Waals surface area contributed by atoms with Crippen LogP contribution in [0.2, 0.25) is 0 Å². The zero-order valence-corrected chi connectivity index (χ0v) is 20.8. The Labute approximate surface area is 200 Å². The number of thiazole rings is 1. The summed E-state index contributed by atoms with van der Waals surface area (Å²) in [6.45, 7) is 5.09. The van der Waals surface area contributed by atoms with Crippen molar-refractivity contribution < 1.29 is 13.2 Å². The number of hydrogen-bond donors (Lipinski definition) is 1. The van der Waals surface area contributed by atoms with Gasteiger partial charge in [0.25, 0.3) is 0 Å². The Morgan fingerprint density at radius 3 is 2.64 bits per heavy atom. The molecule has 8 heteroatoms. The number of nitrogens with one attached hydrogen (secondary N) is 1. The highest BCUT2D eigenvalue weighted by molar-refractivity contribution is 7.92. The summed E-state index contributed by atoms with van der Waals surface area (Å²) in [5.74, 6) is -0.393. The molecule has 1 aromatic carbocycles. The lowest BCUT2D eigenvalue weighted by atomic mass is 10.1. The molecule has 0 unspecified atom stereocenters. The molecule has 1 saturated carbocycles. The van der Waals surface area contributed by atoms with E-state index < -0.39 is 9.84 Å². The Morgan fingerprint density at radius 2 is 1.91 bits per heavy atom. The maximum Gasteiger partial charge on any atom is 0.227 e. The van der Waals surface area contributed by atoms with Crippen LogP contribution in [0.15, 0.2) is 41.8 Å². The number of anilines is 1. The fourth-order valence-electron chi connectivity index (χ4n) is 4.58. The Morgan fingerprint density at radius 1 is 1.18 bits per heavy atom. The molecule has 33 heavy (non-hydrogen) atoms. The Hall–Kier alpha value is -2.45. The number of aryl methyl sites for hydroxylation is 2. The minimum absolute atomic E-state index is 0.0260. The van der Waals surface area contributed by atoms with Crippen LogP contribution in [0.3, 0.4) is 0 Å². The third kappa shape index (κ3) is 5.73. The molecule has 2 aromatic heterocycles. The SMILES string of the molecule is Cc1cc(-c2csc(NC(=O)CCS(=O)(=O)C3CCCC3)n2)c(C)n1CCc1ccccc1. The summed E-state index contributed by atoms with van der Waals surface area (Å²) in [5.41, 5.74) is 5.51. The number of aromatic nitrogens is 2. The predicted molar refractivity (Wildman–Crippen MR) is 134 cm³/mol. The molecule has 0 spiro atoms. The summed E-state index contributed by atoms with van der Waals surface area (Å²) < 4.78 is 27.1. The van der Waals surface area contributed by atoms with E-state index in [0.29, 0.717) is 5.13 Å². The van der Waals surface area contributed by atoms with E-state index in [4.69, 9.17) is 0 Å². The van der Waals surface area contributed by atoms with Gasteiger partial charge in [-0.25, -0.2) is 13.4 Å². The van der Waals surface area contributed by atoms with Gasteiger partial charge in [-0.05, 0) is 44.7 Å². The predicted octanol–water partition coefficient (Wildman–Crippen LogP) is 5.16. The van der Waals surface area contributed by atoms with Gasteiger partial charge in [-0.3, -0.25) is 4.79 Å². The smallest absolute Gasteiger partial charge is 0.227 e. The van der Waals surface area contributed by atoms with Crippen LogP contribution in [-0.4, -0.2) is 34.9 Å². The molecule has 6 nitrogen and oxygen atoms in total. The average Bonchev–Trinajstić information content (AvgIpc) is 3.54. The van der Waals surface area contributed by atoms with Crippen LogP contribution in [-0.2, 0) is 27.6 Å². The maximum atomic E-state index is 12.4. The van der Waals surface area contributed by atoms with Crippen LogP contribution in [0.4, 0.5) is 5.13 Å². The summed E-state index contributed by atoms with van der Waals surface area (Å²) in [6, 6.07) is 12.6. The quantitative estimate of drug-likeness (QED) is 0.454. The van der Waals surface area contributed by atoms with Crippen molar-refractivity contribution in [2.75, 3.05) is 11.1 Å². The van der Waals surface area contributed by atoms with E-state index >= 15 is 0 Å². The van der Waals surface area contributed by atoms with Crippen LogP contribution in [0.25, 0.3) is 11.3 Å². The first kappa shape index (κ1) is 23.7. The molecule has 1 amide bonds. The fraction of sp³-hybridized carbons (Fsp3) is 0.440. The molecule has 0 atom stereocenters. The normalized spacial score (nSPS) is 14.6. The Bertz CT molecular complexity index is 1210. The minimum Gasteiger partial charge on any atom is -0.348 e. The number of carbonyl (C=O) groups excluding carboxylic acids is 1. The van der Waals surface area contributed by atoms with Gasteiger partial charge in [0.1, 0.15) is 0 Å². The molecule has 176 valence electrons. The molecule has 1 aliphatic rings. The van der Waals surface area contributed by atoms with Gasteiger partial charge < -0.3 is 9.88 Å². The lowest BCUT2D eigenvalue weighted by Crippen LogP contribution is -2.24. The molecule has 1 fully saturated rings. The van der Waals surface area contributed by atoms with Crippen LogP contribution in [0.1, 0.15) is 49.1 Å². The fourth-order valence-corrected chi connectivity index (χ4v) is 7.16. The second-order valence-corrected chi connectivity index (χ2v) is 12.0. The molecule has 1 aliphatic carbocycles. The van der Waals surface area contributed by atoms with Crippen LogP contribution < -0.4 is 5.32 Å². The maximum absolute atomic E-state index is 12.4. The molecule has 0 saturated heterocycles. The summed E-state index contributed by atoms with van der Waals surface area (Å²) in [5, 5.41) is 4.95. The number of rotatable bonds is 9. The van der Waals surface area contributed by atoms with Crippen molar-refractivity contribution in [3.63, 3.8) is 0 Å². The lowest BCUT2D eigenvalue weighted by molar-refractivity contribution is -0.115. The van der Waals surface area contributed by atoms with Gasteiger partial charge in [-0.1, -0.05) is 43.2 Å². The Kier molecular flexibility index (Phi) is 7.34. The zero-order chi connectivity index (χ0) is 23.4. The highest BCUT2D eigenvalue weighted by Gasteiger charge is 2.29. The molecule has 3 aromatic rings. The molecule has 0 bridgehead atoms. The third-order valence-electron chi connectivity index (χ3n) is 6.49. The van der Waals surface area contributed by atoms with Crippen molar-refractivity contribution in [2.45, 2.75) is 64.2 Å². The van der Waals surface area contributed by atoms with Gasteiger partial charge in [-0.15, -0.1) is 11.3 Å². The number of nitrogens with zero attached hydrogens (tertiary/aromatic N) is 2. The summed E-state index contributed by atoms with van der Waals surface area (Å²) in [7, 11) is -3.20. The van der Waals surface area contributed by atoms with Crippen LogP contribution >= 0.6 is 11.3 Å². The standard InChI is InChI=1S/C25H31N3O3S2/c1-18-16-22(19(2)28(18)14-12-20-8-4-3-5-9-20)23-17-32-25(26-23)27-24(29)13-15-33(30,31)21-10-6-7-11-21/h3-5,8-9,16-17,21H,6-7,10-15H2,1-2H3,(H,26,27,29). The molecular weight excluding hydrogens is 454 g/mol. The number of carbonyl (C=O) groups is 1. The van der Waals surface area contributed by atoms with E-state index in [-0.39, 0.29) is 23.3 Å². The highest BCUT2D eigenvalue weighted by atomic mass is 32.2. The second kappa shape index (κ2) is 10.2. The number of hydrogen-bond acceptors (Lipinski definition) is 5. The van der Waals surface area contributed by atoms with E-state index in [0.717, 1.165) is 55.6 Å². The first-order valence-electron chi connectivity index (χ1n) is 11.5. The number of benzene rings is 1. The summed E-state index contributed by atoms with van der Waals surface area (Å²) >= 11 is 1.36. The van der Waals surface area contributed by atoms with Crippen molar-refractivity contribution in [3.8, 4) is 11.3 Å². The van der Waals surface area contributed by atoms with E-state index in [1.165, 1.54) is 22.6 Å². The summed E-state index contributed by atoms with van der Waals surface area (Å²) in [4.78, 5) is 17.0. The van der Waals surface area contributed by atoms with Gasteiger partial charge in [0, 0.05) is 35.3 Å². The number of sulfone groups is 1. The van der Waals surface area contributed by atoms with Gasteiger partial charge in [0.05, 0.1) is 16.7 Å². The third-order valence-corrected chi connectivity index (χ3v) is 9.51. The van der Waals surface area contributed by atoms with Crippen molar-refractivity contribution in [1.82, 2.24) is 9.55 Å².